The second kappa shape index (κ2) is 5.64. The van der Waals surface area contributed by atoms with Gasteiger partial charge in [-0.3, -0.25) is 4.79 Å². The number of carbonyl (C=O) groups is 1. The van der Waals surface area contributed by atoms with E-state index in [2.05, 4.69) is 10.6 Å². The molecule has 0 spiro atoms. The summed E-state index contributed by atoms with van der Waals surface area (Å²) in [5, 5.41) is 6.45. The average Bonchev–Trinajstić information content (AvgIpc) is 2.98. The second-order valence-corrected chi connectivity index (χ2v) is 4.93. The number of carbonyl (C=O) groups excluding carboxylic acids is 1. The van der Waals surface area contributed by atoms with Gasteiger partial charge in [-0.15, -0.1) is 0 Å². The van der Waals surface area contributed by atoms with Crippen molar-refractivity contribution in [2.75, 3.05) is 13.7 Å². The van der Waals surface area contributed by atoms with Crippen LogP contribution < -0.4 is 10.6 Å². The molecule has 92 valence electrons. The van der Waals surface area contributed by atoms with Gasteiger partial charge in [-0.05, 0) is 38.6 Å². The van der Waals surface area contributed by atoms with Crippen LogP contribution in [-0.2, 0) is 9.53 Å². The molecule has 0 aromatic rings. The van der Waals surface area contributed by atoms with Crippen LogP contribution in [0.3, 0.4) is 0 Å². The number of ether oxygens (including phenoxy) is 1. The predicted molar refractivity (Wildman–Crippen MR) is 62.2 cm³/mol. The van der Waals surface area contributed by atoms with Crippen LogP contribution in [0.1, 0.15) is 38.5 Å². The van der Waals surface area contributed by atoms with Crippen LogP contribution in [0.25, 0.3) is 0 Å². The largest absolute Gasteiger partial charge is 0.381 e. The van der Waals surface area contributed by atoms with E-state index in [1.54, 1.807) is 7.11 Å². The molecule has 0 bridgehead atoms. The minimum Gasteiger partial charge on any atom is -0.381 e. The van der Waals surface area contributed by atoms with Gasteiger partial charge >= 0.3 is 0 Å². The van der Waals surface area contributed by atoms with E-state index < -0.39 is 0 Å². The Balaban J connectivity index is 1.41. The first-order chi connectivity index (χ1) is 7.78. The summed E-state index contributed by atoms with van der Waals surface area (Å²) in [6.45, 7) is 0.944. The zero-order valence-corrected chi connectivity index (χ0v) is 10.00. The lowest BCUT2D eigenvalue weighted by atomic mass is 9.89. The van der Waals surface area contributed by atoms with Crippen molar-refractivity contribution in [1.29, 1.82) is 0 Å². The molecule has 0 radical (unpaired) electrons. The van der Waals surface area contributed by atoms with Gasteiger partial charge in [0.2, 0.25) is 5.91 Å². The Bertz CT molecular complexity index is 235. The molecule has 0 atom stereocenters. The van der Waals surface area contributed by atoms with Gasteiger partial charge in [0.15, 0.2) is 0 Å². The lowest BCUT2D eigenvalue weighted by molar-refractivity contribution is -0.121. The quantitative estimate of drug-likeness (QED) is 0.632. The molecule has 0 saturated heterocycles. The van der Waals surface area contributed by atoms with Crippen molar-refractivity contribution < 1.29 is 9.53 Å². The molecule has 0 aromatic carbocycles. The van der Waals surface area contributed by atoms with Crippen LogP contribution in [0.4, 0.5) is 0 Å². The second-order valence-electron chi connectivity index (χ2n) is 4.93. The number of hydrogen-bond donors (Lipinski definition) is 2. The minimum atomic E-state index is 0.215. The molecule has 4 nitrogen and oxygen atoms in total. The molecule has 16 heavy (non-hydrogen) atoms. The maximum Gasteiger partial charge on any atom is 0.220 e. The highest BCUT2D eigenvalue weighted by Gasteiger charge is 2.28. The molecule has 0 aliphatic heterocycles. The molecule has 1 amide bonds. The number of nitrogens with one attached hydrogen (secondary N) is 2. The van der Waals surface area contributed by atoms with Gasteiger partial charge < -0.3 is 15.4 Å². The third kappa shape index (κ3) is 3.76. The predicted octanol–water partition coefficient (Wildman–Crippen LogP) is 0.812. The van der Waals surface area contributed by atoms with Gasteiger partial charge in [-0.25, -0.2) is 0 Å². The van der Waals surface area contributed by atoms with E-state index in [1.807, 2.05) is 0 Å². The first kappa shape index (κ1) is 11.9. The van der Waals surface area contributed by atoms with Gasteiger partial charge in [0.05, 0.1) is 6.10 Å². The average molecular weight is 226 g/mol. The normalized spacial score (nSPS) is 28.6. The summed E-state index contributed by atoms with van der Waals surface area (Å²) in [6.07, 6.45) is 6.62. The highest BCUT2D eigenvalue weighted by Crippen LogP contribution is 2.22. The van der Waals surface area contributed by atoms with Crippen LogP contribution in [0.2, 0.25) is 0 Å². The third-order valence-corrected chi connectivity index (χ3v) is 3.38. The summed E-state index contributed by atoms with van der Waals surface area (Å²) < 4.78 is 5.21. The van der Waals surface area contributed by atoms with E-state index in [0.29, 0.717) is 24.6 Å². The first-order valence-electron chi connectivity index (χ1n) is 6.33. The van der Waals surface area contributed by atoms with Crippen molar-refractivity contribution >= 4 is 5.91 Å². The van der Waals surface area contributed by atoms with Gasteiger partial charge in [0.1, 0.15) is 0 Å². The smallest absolute Gasteiger partial charge is 0.220 e. The van der Waals surface area contributed by atoms with E-state index in [9.17, 15) is 4.79 Å². The minimum absolute atomic E-state index is 0.215. The molecule has 2 aliphatic carbocycles. The molecule has 0 aromatic heterocycles. The first-order valence-corrected chi connectivity index (χ1v) is 6.33. The van der Waals surface area contributed by atoms with Crippen LogP contribution in [-0.4, -0.2) is 37.7 Å². The third-order valence-electron chi connectivity index (χ3n) is 3.38. The molecule has 0 heterocycles. The van der Waals surface area contributed by atoms with E-state index in [-0.39, 0.29) is 5.91 Å². The lowest BCUT2D eigenvalue weighted by Gasteiger charge is -2.34. The molecule has 4 heteroatoms. The highest BCUT2D eigenvalue weighted by molar-refractivity contribution is 5.76. The Morgan fingerprint density at radius 1 is 1.31 bits per heavy atom. The van der Waals surface area contributed by atoms with Crippen molar-refractivity contribution in [2.45, 2.75) is 56.7 Å². The maximum absolute atomic E-state index is 11.4. The van der Waals surface area contributed by atoms with Crippen LogP contribution in [0.15, 0.2) is 0 Å². The SMILES string of the molecule is COC1CC(NCCCC(=O)NC2CC2)C1. The number of amides is 1. The Labute approximate surface area is 97.1 Å². The lowest BCUT2D eigenvalue weighted by Crippen LogP contribution is -2.45. The fraction of sp³-hybridized carbons (Fsp3) is 0.917. The van der Waals surface area contributed by atoms with Crippen molar-refractivity contribution in [3.63, 3.8) is 0 Å². The van der Waals surface area contributed by atoms with E-state index >= 15 is 0 Å². The van der Waals surface area contributed by atoms with E-state index in [4.69, 9.17) is 4.74 Å². The van der Waals surface area contributed by atoms with Crippen LogP contribution in [0.5, 0.6) is 0 Å². The van der Waals surface area contributed by atoms with Crippen molar-refractivity contribution in [3.8, 4) is 0 Å². The van der Waals surface area contributed by atoms with E-state index in [1.165, 1.54) is 12.8 Å². The number of rotatable bonds is 7. The molecule has 2 aliphatic rings. The van der Waals surface area contributed by atoms with Crippen LogP contribution >= 0.6 is 0 Å². The molecule has 0 unspecified atom stereocenters. The van der Waals surface area contributed by atoms with Gasteiger partial charge in [-0.1, -0.05) is 0 Å². The zero-order valence-electron chi connectivity index (χ0n) is 10.00. The fourth-order valence-corrected chi connectivity index (χ4v) is 2.01. The summed E-state index contributed by atoms with van der Waals surface area (Å²) in [6, 6.07) is 1.10. The zero-order chi connectivity index (χ0) is 11.4. The fourth-order valence-electron chi connectivity index (χ4n) is 2.01. The van der Waals surface area contributed by atoms with Crippen LogP contribution in [0, 0.1) is 0 Å². The van der Waals surface area contributed by atoms with Crippen molar-refractivity contribution in [3.05, 3.63) is 0 Å². The summed E-state index contributed by atoms with van der Waals surface area (Å²) in [5.74, 6) is 0.215. The summed E-state index contributed by atoms with van der Waals surface area (Å²) in [4.78, 5) is 11.4. The van der Waals surface area contributed by atoms with Crippen molar-refractivity contribution in [1.82, 2.24) is 10.6 Å². The van der Waals surface area contributed by atoms with Gasteiger partial charge in [0.25, 0.3) is 0 Å². The number of hydrogen-bond acceptors (Lipinski definition) is 3. The monoisotopic (exact) mass is 226 g/mol. The highest BCUT2D eigenvalue weighted by atomic mass is 16.5. The Morgan fingerprint density at radius 2 is 2.06 bits per heavy atom. The summed E-state index contributed by atoms with van der Waals surface area (Å²) in [5.41, 5.74) is 0. The number of methoxy groups -OCH3 is 1. The molecule has 2 saturated carbocycles. The molecular formula is C12H22N2O2. The van der Waals surface area contributed by atoms with Gasteiger partial charge in [0, 0.05) is 25.6 Å². The molecular weight excluding hydrogens is 204 g/mol. The summed E-state index contributed by atoms with van der Waals surface area (Å²) >= 11 is 0. The Morgan fingerprint density at radius 3 is 2.69 bits per heavy atom. The van der Waals surface area contributed by atoms with Crippen molar-refractivity contribution in [2.24, 2.45) is 0 Å². The molecule has 2 rings (SSSR count). The molecule has 2 N–H and O–H groups in total. The Kier molecular flexibility index (Phi) is 4.18. The Hall–Kier alpha value is -0.610. The summed E-state index contributed by atoms with van der Waals surface area (Å²) in [7, 11) is 1.77. The van der Waals surface area contributed by atoms with Gasteiger partial charge in [-0.2, -0.15) is 0 Å². The standard InChI is InChI=1S/C12H22N2O2/c1-16-11-7-10(8-11)13-6-2-3-12(15)14-9-4-5-9/h9-11,13H,2-8H2,1H3,(H,14,15). The maximum atomic E-state index is 11.4. The topological polar surface area (TPSA) is 50.4 Å². The van der Waals surface area contributed by atoms with E-state index in [0.717, 1.165) is 25.8 Å². The molecule has 2 fully saturated rings.